The third-order valence-corrected chi connectivity index (χ3v) is 23.3. The molecule has 0 spiro atoms. The molecule has 3 aliphatic heterocycles. The third-order valence-electron chi connectivity index (χ3n) is 23.3. The first kappa shape index (κ1) is 137. The van der Waals surface area contributed by atoms with E-state index in [1.165, 1.54) is 33.4 Å². The number of aliphatic imine (C=N–C) groups is 2. The van der Waals surface area contributed by atoms with Crippen molar-refractivity contribution < 1.29 is 118 Å². The fourth-order valence-electron chi connectivity index (χ4n) is 15.2. The van der Waals surface area contributed by atoms with Crippen LogP contribution in [0.15, 0.2) is 82.8 Å². The Labute approximate surface area is 866 Å². The number of hydrogen-bond donors (Lipinski definition) is 14. The molecule has 6 aromatic carbocycles. The topological polar surface area (TPSA) is 290 Å². The Hall–Kier alpha value is -3.43. The van der Waals surface area contributed by atoms with Crippen LogP contribution in [0.25, 0.3) is 0 Å². The number of phenols is 4. The third kappa shape index (κ3) is 43.7. The number of fused-ring (bicyclic) bond motifs is 12. The number of phenolic OH excluding ortho intramolecular Hbond substituents is 4. The van der Waals surface area contributed by atoms with Crippen LogP contribution >= 0.6 is 0 Å². The van der Waals surface area contributed by atoms with Crippen molar-refractivity contribution in [3.63, 3.8) is 0 Å². The summed E-state index contributed by atoms with van der Waals surface area (Å²) in [5.41, 5.74) is 17.7. The van der Waals surface area contributed by atoms with E-state index >= 15 is 0 Å². The summed E-state index contributed by atoms with van der Waals surface area (Å²) in [6.07, 6.45) is 4.64. The molecule has 24 heteroatoms. The maximum atomic E-state index is 13.3. The maximum Gasteiger partial charge on any atom is 3.00 e. The van der Waals surface area contributed by atoms with Gasteiger partial charge in [-0.3, -0.25) is 9.98 Å². The summed E-state index contributed by atoms with van der Waals surface area (Å²) < 4.78 is 0. The van der Waals surface area contributed by atoms with E-state index < -0.39 is 0 Å². The van der Waals surface area contributed by atoms with E-state index in [0.717, 1.165) is 152 Å². The van der Waals surface area contributed by atoms with Gasteiger partial charge < -0.3 is 128 Å². The van der Waals surface area contributed by atoms with Gasteiger partial charge in [-0.25, -0.2) is 0 Å². The molecule has 9 rings (SSSR count). The van der Waals surface area contributed by atoms with Crippen molar-refractivity contribution in [2.75, 3.05) is 78.5 Å². The van der Waals surface area contributed by atoms with Gasteiger partial charge >= 0.3 is 95.6 Å². The number of rotatable bonds is 0. The van der Waals surface area contributed by atoms with Crippen LogP contribution in [0.1, 0.15) is 300 Å². The van der Waals surface area contributed by atoms with Gasteiger partial charge in [0.15, 0.2) is 0 Å². The Balaban J connectivity index is -0.000000424. The van der Waals surface area contributed by atoms with Gasteiger partial charge in [-0.05, 0) is 130 Å². The quantitative estimate of drug-likeness (QED) is 0.0499. The molecule has 3 aliphatic rings. The van der Waals surface area contributed by atoms with Crippen molar-refractivity contribution in [2.45, 2.75) is 298 Å². The monoisotopic (exact) mass is 2000 g/mol. The molecule has 0 saturated carbocycles. The molecule has 0 atom stereocenters. The number of quaternary nitrogens is 4. The SMILES string of the molecule is CC1(C)CN=Cc2cc(C(C)(C)C)cc(c2O)CNCC(C)(C)CNCc2cc(C(C)(C)C)cc(c2O)C=NC1.CC1(C)CNCc2cc(C(C)(C)C)cc(c2O)CNCC(C)(C)CNCc2cc(C(C)(C)C)cc(c2O)CNC1.CC1(C)C[NH2+]Cc2cc(C(C)(C)C)cc(c2[O-])C[NH2+]CCC[NH2+]Cc2cc(C(C)(C)C)cc(c2[O-])C[NH2+]C1.[CH3-].[CH3-].[CH3-].[CH3-].[CH3-].[CH3-].[Mg+2].[Mg+2].[Ni+3].[Ni+3].[Ni+3].[Ni]. The molecule has 3 heterocycles. The molecule has 0 saturated heterocycles. The van der Waals surface area contributed by atoms with Crippen molar-refractivity contribution >= 4 is 58.5 Å². The zero-order valence-electron chi connectivity index (χ0n) is 87.3. The van der Waals surface area contributed by atoms with E-state index in [2.05, 4.69) is 320 Å². The van der Waals surface area contributed by atoms with Crippen LogP contribution in [0.4, 0.5) is 0 Å². The molecule has 18 N–H and O–H groups in total. The second kappa shape index (κ2) is 57.8. The average molecular weight is 2000 g/mol. The molecular formula is C106H180Mg2N12Ni4O6+9. The molecule has 0 fully saturated rings. The Bertz CT molecular complexity index is 4060. The minimum atomic E-state index is -0.192. The molecule has 6 aromatic rings. The van der Waals surface area contributed by atoms with Crippen LogP contribution in [0, 0.1) is 71.6 Å². The summed E-state index contributed by atoms with van der Waals surface area (Å²) in [5.74, 6) is 1.78. The van der Waals surface area contributed by atoms with E-state index in [4.69, 9.17) is 9.98 Å². The van der Waals surface area contributed by atoms with Crippen molar-refractivity contribution in [1.82, 2.24) is 31.9 Å². The second-order valence-electron chi connectivity index (χ2n) is 44.9. The van der Waals surface area contributed by atoms with Crippen LogP contribution < -0.4 is 63.4 Å². The van der Waals surface area contributed by atoms with E-state index in [-0.39, 0.29) is 239 Å². The van der Waals surface area contributed by atoms with Gasteiger partial charge in [-0.2, -0.15) is 0 Å². The van der Waals surface area contributed by atoms with Gasteiger partial charge in [-0.1, -0.05) is 252 Å². The zero-order chi connectivity index (χ0) is 88.0. The Morgan fingerprint density at radius 3 is 0.700 bits per heavy atom. The Kier molecular flexibility index (Phi) is 61.1. The molecule has 0 aliphatic carbocycles. The average Bonchev–Trinajstić information content (AvgIpc) is 0.830. The Morgan fingerprint density at radius 2 is 0.485 bits per heavy atom. The minimum absolute atomic E-state index is 0. The smallest absolute Gasteiger partial charge is 0.872 e. The van der Waals surface area contributed by atoms with Gasteiger partial charge in [0.1, 0.15) is 49.2 Å². The molecule has 0 unspecified atom stereocenters. The minimum Gasteiger partial charge on any atom is -0.872 e. The largest absolute Gasteiger partial charge is 3.00 e. The number of nitrogens with zero attached hydrogens (tertiary/aromatic N) is 2. The van der Waals surface area contributed by atoms with Crippen molar-refractivity contribution in [2.24, 2.45) is 37.1 Å². The van der Waals surface area contributed by atoms with E-state index in [9.17, 15) is 30.6 Å². The summed E-state index contributed by atoms with van der Waals surface area (Å²) >= 11 is 0. The van der Waals surface area contributed by atoms with Crippen LogP contribution in [0.2, 0.25) is 0 Å². The molecule has 18 nitrogen and oxygen atoms in total. The summed E-state index contributed by atoms with van der Waals surface area (Å²) in [6.45, 7) is 78.1. The predicted octanol–water partition coefficient (Wildman–Crippen LogP) is 14.0. The number of aromatic hydroxyl groups is 4. The van der Waals surface area contributed by atoms with Crippen molar-refractivity contribution in [3.8, 4) is 34.5 Å². The fourth-order valence-corrected chi connectivity index (χ4v) is 15.2. The molecule has 735 valence electrons. The van der Waals surface area contributed by atoms with Crippen molar-refractivity contribution in [3.05, 3.63) is 217 Å². The molecule has 0 aromatic heterocycles. The van der Waals surface area contributed by atoms with Gasteiger partial charge in [0.25, 0.3) is 0 Å². The van der Waals surface area contributed by atoms with E-state index in [0.29, 0.717) is 76.9 Å². The molecule has 3 radical (unpaired) electrons. The summed E-state index contributed by atoms with van der Waals surface area (Å²) in [4.78, 5) is 9.49. The van der Waals surface area contributed by atoms with Crippen LogP contribution in [-0.2, 0) is 164 Å². The fraction of sp³-hybridized carbons (Fsp3) is 0.585. The summed E-state index contributed by atoms with van der Waals surface area (Å²) in [7, 11) is 0. The molecule has 0 amide bonds. The van der Waals surface area contributed by atoms with Gasteiger partial charge in [0.05, 0.1) is 31.6 Å². The predicted molar refractivity (Wildman–Crippen MR) is 537 cm³/mol. The van der Waals surface area contributed by atoms with Crippen LogP contribution in [0.5, 0.6) is 34.5 Å². The first-order valence-corrected chi connectivity index (χ1v) is 44.0. The standard InChI is InChI=1S/C34H56N4O2.C34H52N4O2.C32H52N4O2.6CH3.2Mg.4Ni/c2*1-31(2,3)27-11-23-15-35-19-33(7,8)21-37-17-25-13-28(32(4,5)6)14-26(30(25)40)18-38-22-34(9,10)20-36-16-24(12-27)29(23)39;1-30(2,3)26-12-22-16-33-10-9-11-34-17-23-13-27(31(4,5)6)15-25(29(23)38)19-36-21-32(7,8)20-35-18-24(14-26)28(22)37;;;;;;;;;;;;/h11-14,35-40H,15-22H2,1-10H3;11-15,17,36,38-40H,16,18-22H2,1-10H3;12-15,33-38H,9-11,16-21H2,1-8H3;6*1H3;;;;;;/q;;;6*-1;2*+2;;3*+3/p+2. The second-order valence-corrected chi connectivity index (χ2v) is 44.9. The van der Waals surface area contributed by atoms with Gasteiger partial charge in [0, 0.05) is 177 Å². The van der Waals surface area contributed by atoms with E-state index in [1.54, 1.807) is 12.4 Å². The van der Waals surface area contributed by atoms with Gasteiger partial charge in [0.2, 0.25) is 0 Å². The molecule has 130 heavy (non-hydrogen) atoms. The van der Waals surface area contributed by atoms with Gasteiger partial charge in [-0.15, -0.1) is 0 Å². The first-order chi connectivity index (χ1) is 54.4. The molecule has 12 bridgehead atoms. The van der Waals surface area contributed by atoms with Crippen molar-refractivity contribution in [1.29, 1.82) is 0 Å². The zero-order valence-corrected chi connectivity index (χ0v) is 94.1. The summed E-state index contributed by atoms with van der Waals surface area (Å²) in [6, 6.07) is 25.5. The Morgan fingerprint density at radius 1 is 0.292 bits per heavy atom. The number of hydrogen-bond acceptors (Lipinski definition) is 14. The first-order valence-electron chi connectivity index (χ1n) is 44.0. The number of nitrogens with two attached hydrogens (primary N) is 4. The van der Waals surface area contributed by atoms with Crippen LogP contribution in [0.3, 0.4) is 0 Å². The van der Waals surface area contributed by atoms with Crippen LogP contribution in [-0.4, -0.2) is 157 Å². The number of benzene rings is 6. The molecular weight excluding hydrogens is 1820 g/mol. The number of nitrogens with one attached hydrogen (secondary N) is 6. The maximum absolute atomic E-state index is 13.3. The van der Waals surface area contributed by atoms with E-state index in [1.807, 2.05) is 0 Å². The summed E-state index contributed by atoms with van der Waals surface area (Å²) in [5, 5.41) is 102. The normalized spacial score (nSPS) is 17.3.